The molecule has 1 aliphatic rings. The summed E-state index contributed by atoms with van der Waals surface area (Å²) in [5, 5.41) is 7.39. The van der Waals surface area contributed by atoms with Crippen molar-refractivity contribution in [3.63, 3.8) is 0 Å². The van der Waals surface area contributed by atoms with Crippen molar-refractivity contribution in [1.29, 1.82) is 0 Å². The zero-order valence-corrected chi connectivity index (χ0v) is 13.8. The molecule has 2 aromatic rings. The lowest BCUT2D eigenvalue weighted by atomic mass is 9.95. The van der Waals surface area contributed by atoms with Crippen LogP contribution in [0.1, 0.15) is 45.2 Å². The molecule has 3 rings (SSSR count). The van der Waals surface area contributed by atoms with Gasteiger partial charge in [-0.25, -0.2) is 9.78 Å². The number of likely N-dealkylation sites (tertiary alicyclic amines) is 1. The average molecular weight is 317 g/mol. The molecule has 23 heavy (non-hydrogen) atoms. The Bertz CT molecular complexity index is 656. The third-order valence-corrected chi connectivity index (χ3v) is 3.85. The highest BCUT2D eigenvalue weighted by Gasteiger charge is 2.29. The Kier molecular flexibility index (Phi) is 4.11. The molecule has 2 aromatic heterocycles. The first-order chi connectivity index (χ1) is 10.9. The van der Waals surface area contributed by atoms with E-state index < -0.39 is 5.60 Å². The van der Waals surface area contributed by atoms with Gasteiger partial charge < -0.3 is 14.6 Å². The number of aromatic amines is 2. The third-order valence-electron chi connectivity index (χ3n) is 3.85. The van der Waals surface area contributed by atoms with Gasteiger partial charge in [0.05, 0.1) is 0 Å². The Balaban J connectivity index is 1.68. The number of carbonyl (C=O) groups is 1. The van der Waals surface area contributed by atoms with Gasteiger partial charge in [0.25, 0.3) is 0 Å². The van der Waals surface area contributed by atoms with Crippen molar-refractivity contribution in [3.05, 3.63) is 24.2 Å². The molecule has 0 spiro atoms. The number of amides is 1. The van der Waals surface area contributed by atoms with Gasteiger partial charge in [0.15, 0.2) is 5.82 Å². The lowest BCUT2D eigenvalue weighted by molar-refractivity contribution is 0.0197. The molecule has 124 valence electrons. The second kappa shape index (κ2) is 6.06. The Morgan fingerprint density at radius 2 is 2.26 bits per heavy atom. The zero-order valence-electron chi connectivity index (χ0n) is 13.8. The van der Waals surface area contributed by atoms with Crippen LogP contribution in [0.4, 0.5) is 4.79 Å². The molecule has 0 aromatic carbocycles. The molecule has 1 fully saturated rings. The molecule has 0 unspecified atom stereocenters. The van der Waals surface area contributed by atoms with Crippen molar-refractivity contribution in [1.82, 2.24) is 25.1 Å². The van der Waals surface area contributed by atoms with Gasteiger partial charge in [0.2, 0.25) is 0 Å². The van der Waals surface area contributed by atoms with E-state index in [-0.39, 0.29) is 12.0 Å². The van der Waals surface area contributed by atoms with Gasteiger partial charge in [0, 0.05) is 37.1 Å². The van der Waals surface area contributed by atoms with Crippen LogP contribution in [-0.4, -0.2) is 49.8 Å². The van der Waals surface area contributed by atoms with Crippen molar-refractivity contribution in [2.45, 2.75) is 45.1 Å². The van der Waals surface area contributed by atoms with Crippen LogP contribution < -0.4 is 0 Å². The van der Waals surface area contributed by atoms with E-state index in [1.165, 1.54) is 0 Å². The number of imidazole rings is 1. The predicted molar refractivity (Wildman–Crippen MR) is 86.0 cm³/mol. The van der Waals surface area contributed by atoms with Crippen LogP contribution in [0.3, 0.4) is 0 Å². The van der Waals surface area contributed by atoms with Gasteiger partial charge in [-0.15, -0.1) is 0 Å². The minimum atomic E-state index is -0.468. The predicted octanol–water partition coefficient (Wildman–Crippen LogP) is 2.91. The number of aromatic nitrogens is 4. The lowest BCUT2D eigenvalue weighted by Crippen LogP contribution is -2.42. The van der Waals surface area contributed by atoms with Gasteiger partial charge in [-0.2, -0.15) is 5.10 Å². The molecule has 1 saturated heterocycles. The summed E-state index contributed by atoms with van der Waals surface area (Å²) in [4.78, 5) is 21.3. The van der Waals surface area contributed by atoms with Gasteiger partial charge >= 0.3 is 6.09 Å². The van der Waals surface area contributed by atoms with Crippen LogP contribution in [0, 0.1) is 0 Å². The van der Waals surface area contributed by atoms with Gasteiger partial charge in [-0.05, 0) is 39.7 Å². The van der Waals surface area contributed by atoms with Crippen LogP contribution in [0.5, 0.6) is 0 Å². The minimum absolute atomic E-state index is 0.243. The SMILES string of the molecule is CC(C)(C)OC(=O)N1CCC[C@H](c2cc(-c3ncc[nH]3)n[nH]2)C1. The summed E-state index contributed by atoms with van der Waals surface area (Å²) in [6.45, 7) is 7.05. The smallest absolute Gasteiger partial charge is 0.410 e. The van der Waals surface area contributed by atoms with E-state index in [1.54, 1.807) is 17.3 Å². The molecule has 1 atom stereocenters. The highest BCUT2D eigenvalue weighted by Crippen LogP contribution is 2.28. The Hall–Kier alpha value is -2.31. The summed E-state index contributed by atoms with van der Waals surface area (Å²) in [5.41, 5.74) is 1.36. The van der Waals surface area contributed by atoms with Crippen molar-refractivity contribution in [3.8, 4) is 11.5 Å². The fraction of sp³-hybridized carbons (Fsp3) is 0.562. The fourth-order valence-electron chi connectivity index (χ4n) is 2.80. The molecule has 1 aliphatic heterocycles. The first kappa shape index (κ1) is 15.6. The van der Waals surface area contributed by atoms with Crippen molar-refractivity contribution >= 4 is 6.09 Å². The summed E-state index contributed by atoms with van der Waals surface area (Å²) in [6, 6.07) is 2.00. The third kappa shape index (κ3) is 3.72. The summed E-state index contributed by atoms with van der Waals surface area (Å²) >= 11 is 0. The Labute approximate surface area is 135 Å². The van der Waals surface area contributed by atoms with Crippen molar-refractivity contribution in [2.24, 2.45) is 0 Å². The van der Waals surface area contributed by atoms with Crippen LogP contribution in [-0.2, 0) is 4.74 Å². The summed E-state index contributed by atoms with van der Waals surface area (Å²) in [7, 11) is 0. The standard InChI is InChI=1S/C16H23N5O2/c1-16(2,3)23-15(22)21-8-4-5-11(10-21)12-9-13(20-19-12)14-17-6-7-18-14/h6-7,9,11H,4-5,8,10H2,1-3H3,(H,17,18)(H,19,20)/t11-/m0/s1. The maximum atomic E-state index is 12.2. The highest BCUT2D eigenvalue weighted by atomic mass is 16.6. The fourth-order valence-corrected chi connectivity index (χ4v) is 2.80. The number of H-pyrrole nitrogens is 2. The number of rotatable bonds is 2. The second-order valence-corrected chi connectivity index (χ2v) is 6.91. The number of carbonyl (C=O) groups excluding carboxylic acids is 1. The molecule has 0 aliphatic carbocycles. The number of hydrogen-bond donors (Lipinski definition) is 2. The van der Waals surface area contributed by atoms with E-state index in [0.717, 1.165) is 36.6 Å². The van der Waals surface area contributed by atoms with E-state index in [0.29, 0.717) is 6.54 Å². The molecule has 7 nitrogen and oxygen atoms in total. The van der Waals surface area contributed by atoms with Crippen molar-refractivity contribution < 1.29 is 9.53 Å². The minimum Gasteiger partial charge on any atom is -0.444 e. The summed E-state index contributed by atoms with van der Waals surface area (Å²) in [5.74, 6) is 0.986. The zero-order chi connectivity index (χ0) is 16.4. The van der Waals surface area contributed by atoms with Crippen LogP contribution in [0.15, 0.2) is 18.5 Å². The molecule has 0 radical (unpaired) electrons. The maximum absolute atomic E-state index is 12.2. The van der Waals surface area contributed by atoms with E-state index in [1.807, 2.05) is 26.8 Å². The lowest BCUT2D eigenvalue weighted by Gasteiger charge is -2.33. The van der Waals surface area contributed by atoms with Crippen LogP contribution >= 0.6 is 0 Å². The largest absolute Gasteiger partial charge is 0.444 e. The molecular formula is C16H23N5O2. The van der Waals surface area contributed by atoms with Gasteiger partial charge in [0.1, 0.15) is 11.3 Å². The molecule has 1 amide bonds. The Morgan fingerprint density at radius 1 is 1.43 bits per heavy atom. The second-order valence-electron chi connectivity index (χ2n) is 6.91. The highest BCUT2D eigenvalue weighted by molar-refractivity contribution is 5.68. The first-order valence-electron chi connectivity index (χ1n) is 7.95. The molecule has 0 saturated carbocycles. The number of nitrogens with one attached hydrogen (secondary N) is 2. The molecule has 3 heterocycles. The monoisotopic (exact) mass is 317 g/mol. The number of piperidine rings is 1. The normalized spacial score (nSPS) is 18.9. The van der Waals surface area contributed by atoms with Gasteiger partial charge in [-0.1, -0.05) is 0 Å². The number of hydrogen-bond acceptors (Lipinski definition) is 4. The molecule has 0 bridgehead atoms. The Morgan fingerprint density at radius 3 is 2.96 bits per heavy atom. The molecule has 7 heteroatoms. The topological polar surface area (TPSA) is 86.9 Å². The maximum Gasteiger partial charge on any atom is 0.410 e. The summed E-state index contributed by atoms with van der Waals surface area (Å²) < 4.78 is 5.47. The molecule has 2 N–H and O–H groups in total. The first-order valence-corrected chi connectivity index (χ1v) is 7.95. The summed E-state index contributed by atoms with van der Waals surface area (Å²) in [6.07, 6.45) is 5.22. The number of nitrogens with zero attached hydrogens (tertiary/aromatic N) is 3. The van der Waals surface area contributed by atoms with E-state index in [2.05, 4.69) is 20.2 Å². The van der Waals surface area contributed by atoms with Crippen molar-refractivity contribution in [2.75, 3.05) is 13.1 Å². The van der Waals surface area contributed by atoms with E-state index >= 15 is 0 Å². The van der Waals surface area contributed by atoms with Crippen LogP contribution in [0.25, 0.3) is 11.5 Å². The van der Waals surface area contributed by atoms with Gasteiger partial charge in [-0.3, -0.25) is 5.10 Å². The molecular weight excluding hydrogens is 294 g/mol. The quantitative estimate of drug-likeness (QED) is 0.891. The number of ether oxygens (including phenoxy) is 1. The van der Waals surface area contributed by atoms with E-state index in [4.69, 9.17) is 4.74 Å². The van der Waals surface area contributed by atoms with E-state index in [9.17, 15) is 4.79 Å². The average Bonchev–Trinajstić information content (AvgIpc) is 3.17. The van der Waals surface area contributed by atoms with Crippen LogP contribution in [0.2, 0.25) is 0 Å².